The molecule has 0 aromatic carbocycles. The molecule has 15 heavy (non-hydrogen) atoms. The summed E-state index contributed by atoms with van der Waals surface area (Å²) >= 11 is 0. The van der Waals surface area contributed by atoms with Gasteiger partial charge in [-0.3, -0.25) is 4.79 Å². The number of ether oxygens (including phenoxy) is 2. The second-order valence-corrected chi connectivity index (χ2v) is 3.74. The molecule has 0 aliphatic carbocycles. The smallest absolute Gasteiger partial charge is 0.325 e. The number of rotatable bonds is 6. The van der Waals surface area contributed by atoms with E-state index in [2.05, 4.69) is 12.2 Å². The van der Waals surface area contributed by atoms with Crippen LogP contribution in [0.25, 0.3) is 0 Å². The van der Waals surface area contributed by atoms with Crippen LogP contribution in [0.3, 0.4) is 0 Å². The highest BCUT2D eigenvalue weighted by Crippen LogP contribution is 2.16. The summed E-state index contributed by atoms with van der Waals surface area (Å²) in [6.07, 6.45) is 2.98. The monoisotopic (exact) mass is 215 g/mol. The number of hydrogen-bond acceptors (Lipinski definition) is 4. The Balaban J connectivity index is 2.46. The predicted octanol–water partition coefficient (Wildman–Crippen LogP) is 1.10. The molecule has 1 N–H and O–H groups in total. The molecular formula is C11H21NO3. The first-order valence-corrected chi connectivity index (χ1v) is 5.81. The first kappa shape index (κ1) is 12.5. The SMILES string of the molecule is CCCNC(C(=O)OCC)C1CCCO1. The van der Waals surface area contributed by atoms with Crippen LogP contribution in [0.4, 0.5) is 0 Å². The third-order valence-electron chi connectivity index (χ3n) is 2.49. The van der Waals surface area contributed by atoms with Gasteiger partial charge in [0.2, 0.25) is 0 Å². The molecule has 2 atom stereocenters. The van der Waals surface area contributed by atoms with Crippen molar-refractivity contribution in [1.29, 1.82) is 0 Å². The Morgan fingerprint density at radius 1 is 1.60 bits per heavy atom. The maximum absolute atomic E-state index is 11.7. The molecule has 0 bridgehead atoms. The van der Waals surface area contributed by atoms with Gasteiger partial charge in [-0.1, -0.05) is 6.92 Å². The van der Waals surface area contributed by atoms with E-state index in [1.807, 2.05) is 6.92 Å². The number of hydrogen-bond donors (Lipinski definition) is 1. The molecule has 1 aliphatic rings. The van der Waals surface area contributed by atoms with Crippen LogP contribution < -0.4 is 5.32 Å². The number of esters is 1. The van der Waals surface area contributed by atoms with Crippen LogP contribution >= 0.6 is 0 Å². The molecule has 0 aromatic rings. The van der Waals surface area contributed by atoms with E-state index in [0.717, 1.165) is 32.4 Å². The standard InChI is InChI=1S/C11H21NO3/c1-3-7-12-10(11(13)14-4-2)9-6-5-8-15-9/h9-10,12H,3-8H2,1-2H3. The van der Waals surface area contributed by atoms with Crippen molar-refractivity contribution in [3.05, 3.63) is 0 Å². The molecule has 1 heterocycles. The quantitative estimate of drug-likeness (QED) is 0.674. The predicted molar refractivity (Wildman–Crippen MR) is 57.7 cm³/mol. The van der Waals surface area contributed by atoms with Gasteiger partial charge in [-0.2, -0.15) is 0 Å². The molecule has 2 unspecified atom stereocenters. The molecular weight excluding hydrogens is 194 g/mol. The van der Waals surface area contributed by atoms with Crippen molar-refractivity contribution in [1.82, 2.24) is 5.32 Å². The number of nitrogens with one attached hydrogen (secondary N) is 1. The van der Waals surface area contributed by atoms with Crippen LogP contribution in [0.1, 0.15) is 33.1 Å². The van der Waals surface area contributed by atoms with E-state index in [-0.39, 0.29) is 18.1 Å². The van der Waals surface area contributed by atoms with Gasteiger partial charge in [0.1, 0.15) is 6.04 Å². The highest BCUT2D eigenvalue weighted by Gasteiger charge is 2.32. The normalized spacial score (nSPS) is 22.7. The Morgan fingerprint density at radius 3 is 2.93 bits per heavy atom. The van der Waals surface area contributed by atoms with Crippen LogP contribution in [-0.2, 0) is 14.3 Å². The molecule has 1 saturated heterocycles. The van der Waals surface area contributed by atoms with Crippen molar-refractivity contribution in [3.63, 3.8) is 0 Å². The Hall–Kier alpha value is -0.610. The summed E-state index contributed by atoms with van der Waals surface area (Å²) in [6, 6.07) is -0.285. The van der Waals surface area contributed by atoms with Crippen molar-refractivity contribution in [2.75, 3.05) is 19.8 Å². The van der Waals surface area contributed by atoms with Crippen molar-refractivity contribution in [3.8, 4) is 0 Å². The summed E-state index contributed by atoms with van der Waals surface area (Å²) in [7, 11) is 0. The van der Waals surface area contributed by atoms with E-state index in [0.29, 0.717) is 6.61 Å². The fourth-order valence-electron chi connectivity index (χ4n) is 1.76. The van der Waals surface area contributed by atoms with Gasteiger partial charge < -0.3 is 14.8 Å². The Kier molecular flexibility index (Phi) is 5.65. The average molecular weight is 215 g/mol. The Labute approximate surface area is 91.3 Å². The van der Waals surface area contributed by atoms with Gasteiger partial charge in [-0.05, 0) is 32.7 Å². The Bertz CT molecular complexity index is 190. The zero-order valence-corrected chi connectivity index (χ0v) is 9.62. The summed E-state index contributed by atoms with van der Waals surface area (Å²) in [5, 5.41) is 3.20. The first-order valence-electron chi connectivity index (χ1n) is 5.81. The van der Waals surface area contributed by atoms with Crippen molar-refractivity contribution in [2.24, 2.45) is 0 Å². The molecule has 0 saturated carbocycles. The van der Waals surface area contributed by atoms with Gasteiger partial charge >= 0.3 is 5.97 Å². The largest absolute Gasteiger partial charge is 0.465 e. The van der Waals surface area contributed by atoms with E-state index in [9.17, 15) is 4.79 Å². The van der Waals surface area contributed by atoms with Crippen LogP contribution in [0, 0.1) is 0 Å². The van der Waals surface area contributed by atoms with Gasteiger partial charge in [-0.25, -0.2) is 0 Å². The van der Waals surface area contributed by atoms with Gasteiger partial charge in [-0.15, -0.1) is 0 Å². The number of carbonyl (C=O) groups excluding carboxylic acids is 1. The summed E-state index contributed by atoms with van der Waals surface area (Å²) in [6.45, 7) is 5.91. The molecule has 0 spiro atoms. The zero-order valence-electron chi connectivity index (χ0n) is 9.62. The summed E-state index contributed by atoms with van der Waals surface area (Å²) < 4.78 is 10.5. The lowest BCUT2D eigenvalue weighted by molar-refractivity contribution is -0.149. The van der Waals surface area contributed by atoms with Gasteiger partial charge in [0.05, 0.1) is 12.7 Å². The highest BCUT2D eigenvalue weighted by molar-refractivity contribution is 5.76. The maximum atomic E-state index is 11.7. The van der Waals surface area contributed by atoms with E-state index in [4.69, 9.17) is 9.47 Å². The topological polar surface area (TPSA) is 47.6 Å². The Morgan fingerprint density at radius 2 is 2.40 bits per heavy atom. The third-order valence-corrected chi connectivity index (χ3v) is 2.49. The van der Waals surface area contributed by atoms with Crippen molar-refractivity contribution < 1.29 is 14.3 Å². The second-order valence-electron chi connectivity index (χ2n) is 3.74. The molecule has 0 aromatic heterocycles. The van der Waals surface area contributed by atoms with Gasteiger partial charge in [0.25, 0.3) is 0 Å². The van der Waals surface area contributed by atoms with Crippen molar-refractivity contribution >= 4 is 5.97 Å². The third kappa shape index (κ3) is 3.80. The van der Waals surface area contributed by atoms with E-state index in [1.54, 1.807) is 0 Å². The molecule has 4 nitrogen and oxygen atoms in total. The fraction of sp³-hybridized carbons (Fsp3) is 0.909. The fourth-order valence-corrected chi connectivity index (χ4v) is 1.76. The minimum absolute atomic E-state index is 0.00407. The molecule has 1 fully saturated rings. The van der Waals surface area contributed by atoms with Crippen LogP contribution in [-0.4, -0.2) is 37.9 Å². The van der Waals surface area contributed by atoms with E-state index < -0.39 is 0 Å². The summed E-state index contributed by atoms with van der Waals surface area (Å²) in [5.74, 6) is -0.183. The lowest BCUT2D eigenvalue weighted by atomic mass is 10.1. The molecule has 1 aliphatic heterocycles. The molecule has 4 heteroatoms. The van der Waals surface area contributed by atoms with Gasteiger partial charge in [0, 0.05) is 6.61 Å². The summed E-state index contributed by atoms with van der Waals surface area (Å²) in [4.78, 5) is 11.7. The van der Waals surface area contributed by atoms with Crippen LogP contribution in [0.2, 0.25) is 0 Å². The molecule has 1 rings (SSSR count). The first-order chi connectivity index (χ1) is 7.29. The lowest BCUT2D eigenvalue weighted by Crippen LogP contribution is -2.47. The van der Waals surface area contributed by atoms with E-state index in [1.165, 1.54) is 0 Å². The summed E-state index contributed by atoms with van der Waals surface area (Å²) in [5.41, 5.74) is 0. The van der Waals surface area contributed by atoms with Crippen LogP contribution in [0.15, 0.2) is 0 Å². The zero-order chi connectivity index (χ0) is 11.1. The minimum Gasteiger partial charge on any atom is -0.465 e. The molecule has 0 radical (unpaired) electrons. The minimum atomic E-state index is -0.285. The lowest BCUT2D eigenvalue weighted by Gasteiger charge is -2.22. The van der Waals surface area contributed by atoms with Gasteiger partial charge in [0.15, 0.2) is 0 Å². The average Bonchev–Trinajstić information content (AvgIpc) is 2.72. The highest BCUT2D eigenvalue weighted by atomic mass is 16.5. The second kappa shape index (κ2) is 6.80. The maximum Gasteiger partial charge on any atom is 0.325 e. The molecule has 88 valence electrons. The molecule has 0 amide bonds. The van der Waals surface area contributed by atoms with E-state index >= 15 is 0 Å². The van der Waals surface area contributed by atoms with Crippen LogP contribution in [0.5, 0.6) is 0 Å². The number of carbonyl (C=O) groups is 1. The van der Waals surface area contributed by atoms with Crippen molar-refractivity contribution in [2.45, 2.75) is 45.3 Å².